The van der Waals surface area contributed by atoms with Gasteiger partial charge in [-0.15, -0.1) is 5.10 Å². The lowest BCUT2D eigenvalue weighted by atomic mass is 10.2. The van der Waals surface area contributed by atoms with Crippen LogP contribution in [0, 0.1) is 0 Å². The summed E-state index contributed by atoms with van der Waals surface area (Å²) in [4.78, 5) is 0. The Morgan fingerprint density at radius 1 is 1.25 bits per heavy atom. The number of rotatable bonds is 8. The molecule has 0 amide bonds. The molecule has 0 fully saturated rings. The predicted molar refractivity (Wildman–Crippen MR) is 78.9 cm³/mol. The summed E-state index contributed by atoms with van der Waals surface area (Å²) in [5, 5.41) is 11.7. The van der Waals surface area contributed by atoms with Crippen molar-refractivity contribution >= 4 is 0 Å². The molecule has 20 heavy (non-hydrogen) atoms. The molecule has 1 aromatic carbocycles. The van der Waals surface area contributed by atoms with E-state index in [4.69, 9.17) is 4.74 Å². The minimum absolute atomic E-state index is 0.102. The van der Waals surface area contributed by atoms with Crippen molar-refractivity contribution in [2.24, 2.45) is 0 Å². The third-order valence-corrected chi connectivity index (χ3v) is 3.06. The molecule has 1 atom stereocenters. The Labute approximate surface area is 120 Å². The highest BCUT2D eigenvalue weighted by molar-refractivity contribution is 5.32. The topological polar surface area (TPSA) is 52.0 Å². The van der Waals surface area contributed by atoms with Crippen molar-refractivity contribution in [2.75, 3.05) is 19.8 Å². The van der Waals surface area contributed by atoms with Crippen LogP contribution >= 0.6 is 0 Å². The van der Waals surface area contributed by atoms with Crippen molar-refractivity contribution < 1.29 is 4.74 Å². The average molecular weight is 274 g/mol. The molecule has 2 aromatic rings. The van der Waals surface area contributed by atoms with Gasteiger partial charge >= 0.3 is 0 Å². The van der Waals surface area contributed by atoms with Crippen molar-refractivity contribution in [3.63, 3.8) is 0 Å². The summed E-state index contributed by atoms with van der Waals surface area (Å²) in [6.45, 7) is 6.42. The number of nitrogens with zero attached hydrogens (tertiary/aromatic N) is 3. The summed E-state index contributed by atoms with van der Waals surface area (Å²) in [5.41, 5.74) is 2.04. The van der Waals surface area contributed by atoms with Gasteiger partial charge < -0.3 is 10.1 Å². The van der Waals surface area contributed by atoms with Gasteiger partial charge in [0.15, 0.2) is 0 Å². The van der Waals surface area contributed by atoms with Crippen molar-refractivity contribution in [2.45, 2.75) is 26.3 Å². The van der Waals surface area contributed by atoms with Crippen LogP contribution in [0.1, 0.15) is 32.0 Å². The number of para-hydroxylation sites is 1. The molecule has 1 unspecified atom stereocenters. The van der Waals surface area contributed by atoms with Gasteiger partial charge in [-0.1, -0.05) is 30.3 Å². The Balaban J connectivity index is 2.22. The summed E-state index contributed by atoms with van der Waals surface area (Å²) in [7, 11) is 0. The lowest BCUT2D eigenvalue weighted by Gasteiger charge is -2.19. The van der Waals surface area contributed by atoms with Gasteiger partial charge in [0.25, 0.3) is 0 Å². The van der Waals surface area contributed by atoms with Gasteiger partial charge in [0.2, 0.25) is 0 Å². The van der Waals surface area contributed by atoms with Crippen molar-refractivity contribution in [3.05, 3.63) is 42.2 Å². The maximum absolute atomic E-state index is 5.58. The molecule has 1 heterocycles. The quantitative estimate of drug-likeness (QED) is 0.803. The fourth-order valence-electron chi connectivity index (χ4n) is 2.05. The Hall–Kier alpha value is -1.72. The maximum atomic E-state index is 5.58. The third kappa shape index (κ3) is 3.65. The molecule has 1 aromatic heterocycles. The second kappa shape index (κ2) is 7.77. The molecule has 108 valence electrons. The largest absolute Gasteiger partial charge is 0.380 e. The smallest absolute Gasteiger partial charge is 0.0838 e. The summed E-state index contributed by atoms with van der Waals surface area (Å²) >= 11 is 0. The Bertz CT molecular complexity index is 490. The van der Waals surface area contributed by atoms with E-state index in [0.717, 1.165) is 24.3 Å². The Morgan fingerprint density at radius 3 is 2.75 bits per heavy atom. The Morgan fingerprint density at radius 2 is 2.05 bits per heavy atom. The highest BCUT2D eigenvalue weighted by atomic mass is 16.5. The van der Waals surface area contributed by atoms with E-state index in [1.54, 1.807) is 6.20 Å². The second-order valence-electron chi connectivity index (χ2n) is 4.57. The van der Waals surface area contributed by atoms with E-state index in [2.05, 4.69) is 22.6 Å². The molecule has 0 radical (unpaired) electrons. The summed E-state index contributed by atoms with van der Waals surface area (Å²) in [6.07, 6.45) is 2.88. The number of benzene rings is 1. The molecule has 2 rings (SSSR count). The van der Waals surface area contributed by atoms with E-state index in [-0.39, 0.29) is 6.04 Å². The van der Waals surface area contributed by atoms with Gasteiger partial charge in [0.1, 0.15) is 0 Å². The molecule has 0 aliphatic rings. The maximum Gasteiger partial charge on any atom is 0.0838 e. The van der Waals surface area contributed by atoms with Crippen LogP contribution in [0.25, 0.3) is 5.69 Å². The molecule has 0 aliphatic heterocycles. The summed E-state index contributed by atoms with van der Waals surface area (Å²) < 4.78 is 7.44. The molecule has 0 aliphatic carbocycles. The summed E-state index contributed by atoms with van der Waals surface area (Å²) in [5.74, 6) is 0. The number of hydrogen-bond donors (Lipinski definition) is 1. The van der Waals surface area contributed by atoms with Crippen molar-refractivity contribution in [1.82, 2.24) is 20.3 Å². The monoisotopic (exact) mass is 274 g/mol. The molecule has 5 heteroatoms. The first-order chi connectivity index (χ1) is 9.86. The zero-order valence-electron chi connectivity index (χ0n) is 12.1. The van der Waals surface area contributed by atoms with E-state index in [1.807, 2.05) is 41.9 Å². The highest BCUT2D eigenvalue weighted by Gasteiger charge is 2.17. The van der Waals surface area contributed by atoms with Crippen LogP contribution in [0.5, 0.6) is 0 Å². The molecule has 0 spiro atoms. The van der Waals surface area contributed by atoms with E-state index in [1.165, 1.54) is 0 Å². The molecular weight excluding hydrogens is 252 g/mol. The van der Waals surface area contributed by atoms with Crippen LogP contribution in [-0.2, 0) is 4.74 Å². The van der Waals surface area contributed by atoms with Crippen LogP contribution in [0.3, 0.4) is 0 Å². The average Bonchev–Trinajstić information content (AvgIpc) is 2.98. The molecule has 0 bridgehead atoms. The fourth-order valence-corrected chi connectivity index (χ4v) is 2.05. The van der Waals surface area contributed by atoms with Crippen LogP contribution in [0.15, 0.2) is 36.5 Å². The third-order valence-electron chi connectivity index (χ3n) is 3.06. The van der Waals surface area contributed by atoms with Gasteiger partial charge in [0, 0.05) is 6.61 Å². The minimum atomic E-state index is 0.102. The number of hydrogen-bond acceptors (Lipinski definition) is 4. The molecule has 0 saturated heterocycles. The van der Waals surface area contributed by atoms with Crippen LogP contribution in [0.4, 0.5) is 0 Å². The molecule has 5 nitrogen and oxygen atoms in total. The number of aromatic nitrogens is 3. The first-order valence-electron chi connectivity index (χ1n) is 7.14. The predicted octanol–water partition coefficient (Wildman–Crippen LogP) is 2.34. The molecule has 0 saturated carbocycles. The lowest BCUT2D eigenvalue weighted by molar-refractivity contribution is 0.121. The fraction of sp³-hybridized carbons (Fsp3) is 0.467. The van der Waals surface area contributed by atoms with E-state index < -0.39 is 0 Å². The lowest BCUT2D eigenvalue weighted by Crippen LogP contribution is -2.28. The van der Waals surface area contributed by atoms with Gasteiger partial charge in [-0.05, 0) is 32.0 Å². The van der Waals surface area contributed by atoms with Gasteiger partial charge in [-0.25, -0.2) is 4.68 Å². The standard InChI is InChI=1S/C15H22N4O/c1-3-10-16-14(12-20-4-2)15-11-17-18-19(15)13-8-6-5-7-9-13/h5-9,11,14,16H,3-4,10,12H2,1-2H3. The van der Waals surface area contributed by atoms with Gasteiger partial charge in [-0.2, -0.15) is 0 Å². The van der Waals surface area contributed by atoms with Crippen LogP contribution < -0.4 is 5.32 Å². The van der Waals surface area contributed by atoms with Crippen molar-refractivity contribution in [1.29, 1.82) is 0 Å². The molecular formula is C15H22N4O. The Kier molecular flexibility index (Phi) is 5.70. The normalized spacial score (nSPS) is 12.5. The van der Waals surface area contributed by atoms with Crippen molar-refractivity contribution in [3.8, 4) is 5.69 Å². The van der Waals surface area contributed by atoms with E-state index >= 15 is 0 Å². The van der Waals surface area contributed by atoms with E-state index in [0.29, 0.717) is 13.2 Å². The number of nitrogens with one attached hydrogen (secondary N) is 1. The number of ether oxygens (including phenoxy) is 1. The van der Waals surface area contributed by atoms with Crippen LogP contribution in [-0.4, -0.2) is 34.8 Å². The first kappa shape index (κ1) is 14.7. The second-order valence-corrected chi connectivity index (χ2v) is 4.57. The minimum Gasteiger partial charge on any atom is -0.380 e. The molecule has 1 N–H and O–H groups in total. The SMILES string of the molecule is CCCNC(COCC)c1cnnn1-c1ccccc1. The summed E-state index contributed by atoms with van der Waals surface area (Å²) in [6, 6.07) is 10.1. The highest BCUT2D eigenvalue weighted by Crippen LogP contribution is 2.16. The van der Waals surface area contributed by atoms with Crippen LogP contribution in [0.2, 0.25) is 0 Å². The van der Waals surface area contributed by atoms with Gasteiger partial charge in [-0.3, -0.25) is 0 Å². The van der Waals surface area contributed by atoms with Gasteiger partial charge in [0.05, 0.1) is 30.2 Å². The zero-order valence-corrected chi connectivity index (χ0v) is 12.1. The first-order valence-corrected chi connectivity index (χ1v) is 7.14. The van der Waals surface area contributed by atoms with E-state index in [9.17, 15) is 0 Å². The zero-order chi connectivity index (χ0) is 14.2.